The van der Waals surface area contributed by atoms with Crippen molar-refractivity contribution >= 4 is 5.82 Å². The Bertz CT molecular complexity index is 643. The lowest BCUT2D eigenvalue weighted by atomic mass is 10.1. The molecule has 0 bridgehead atoms. The zero-order valence-electron chi connectivity index (χ0n) is 12.1. The Balaban J connectivity index is 2.03. The van der Waals surface area contributed by atoms with Crippen molar-refractivity contribution in [1.82, 2.24) is 9.78 Å². The number of rotatable bonds is 2. The van der Waals surface area contributed by atoms with Crippen LogP contribution in [0.3, 0.4) is 0 Å². The maximum Gasteiger partial charge on any atom is 0.140 e. The Morgan fingerprint density at radius 1 is 1.10 bits per heavy atom. The molecule has 21 heavy (non-hydrogen) atoms. The molecule has 1 fully saturated rings. The summed E-state index contributed by atoms with van der Waals surface area (Å²) in [6, 6.07) is 12.4. The lowest BCUT2D eigenvalue weighted by Crippen LogP contribution is -2.13. The highest BCUT2D eigenvalue weighted by atomic mass is 15.3. The summed E-state index contributed by atoms with van der Waals surface area (Å²) in [5.74, 6) is 0.517. The van der Waals surface area contributed by atoms with E-state index >= 15 is 0 Å². The van der Waals surface area contributed by atoms with Crippen molar-refractivity contribution in [2.45, 2.75) is 44.6 Å². The van der Waals surface area contributed by atoms with Gasteiger partial charge in [-0.1, -0.05) is 56.0 Å². The number of nitrogens with two attached hydrogens (primary N) is 1. The molecule has 4 nitrogen and oxygen atoms in total. The molecule has 4 heteroatoms. The van der Waals surface area contributed by atoms with E-state index in [1.54, 1.807) is 0 Å². The highest BCUT2D eigenvalue weighted by molar-refractivity contribution is 5.72. The molecule has 0 atom stereocenters. The van der Waals surface area contributed by atoms with Gasteiger partial charge in [0.15, 0.2) is 0 Å². The second-order valence-electron chi connectivity index (χ2n) is 5.68. The first-order valence-corrected chi connectivity index (χ1v) is 7.64. The van der Waals surface area contributed by atoms with Gasteiger partial charge in [-0.2, -0.15) is 10.4 Å². The Hall–Kier alpha value is -2.28. The summed E-state index contributed by atoms with van der Waals surface area (Å²) in [5, 5.41) is 14.1. The maximum atomic E-state index is 9.44. The molecule has 0 spiro atoms. The van der Waals surface area contributed by atoms with Crippen molar-refractivity contribution < 1.29 is 0 Å². The molecule has 0 saturated heterocycles. The van der Waals surface area contributed by atoms with E-state index in [9.17, 15) is 5.26 Å². The molecular formula is C17H20N4. The van der Waals surface area contributed by atoms with Crippen LogP contribution < -0.4 is 5.73 Å². The smallest absolute Gasteiger partial charge is 0.140 e. The summed E-state index contributed by atoms with van der Waals surface area (Å²) in [6.07, 6.45) is 7.21. The molecule has 1 saturated carbocycles. The van der Waals surface area contributed by atoms with Crippen LogP contribution in [0.2, 0.25) is 0 Å². The first-order chi connectivity index (χ1) is 10.3. The van der Waals surface area contributed by atoms with Crippen molar-refractivity contribution in [3.63, 3.8) is 0 Å². The molecule has 1 aromatic heterocycles. The zero-order valence-corrected chi connectivity index (χ0v) is 12.1. The lowest BCUT2D eigenvalue weighted by molar-refractivity contribution is 0.412. The van der Waals surface area contributed by atoms with Crippen LogP contribution in [-0.4, -0.2) is 9.78 Å². The summed E-state index contributed by atoms with van der Waals surface area (Å²) in [5.41, 5.74) is 8.38. The minimum Gasteiger partial charge on any atom is -0.383 e. The molecule has 0 aliphatic heterocycles. The molecule has 1 aromatic carbocycles. The summed E-state index contributed by atoms with van der Waals surface area (Å²) in [7, 11) is 0. The second kappa shape index (κ2) is 6.01. The third-order valence-corrected chi connectivity index (χ3v) is 4.28. The number of hydrogen-bond donors (Lipinski definition) is 1. The molecule has 2 aromatic rings. The number of anilines is 1. The van der Waals surface area contributed by atoms with Gasteiger partial charge in [0.2, 0.25) is 0 Å². The Kier molecular flexibility index (Phi) is 3.92. The summed E-state index contributed by atoms with van der Waals surface area (Å²) >= 11 is 0. The van der Waals surface area contributed by atoms with Gasteiger partial charge in [0.05, 0.1) is 6.04 Å². The molecule has 0 amide bonds. The van der Waals surface area contributed by atoms with Crippen LogP contribution in [0.25, 0.3) is 11.3 Å². The fourth-order valence-corrected chi connectivity index (χ4v) is 3.14. The first kappa shape index (κ1) is 13.7. The molecular weight excluding hydrogens is 260 g/mol. The van der Waals surface area contributed by atoms with E-state index in [-0.39, 0.29) is 0 Å². The van der Waals surface area contributed by atoms with Crippen LogP contribution in [0.4, 0.5) is 5.82 Å². The van der Waals surface area contributed by atoms with E-state index < -0.39 is 0 Å². The van der Waals surface area contributed by atoms with Gasteiger partial charge >= 0.3 is 0 Å². The summed E-state index contributed by atoms with van der Waals surface area (Å²) in [4.78, 5) is 0. The number of benzene rings is 1. The number of nitrogens with zero attached hydrogens (tertiary/aromatic N) is 3. The van der Waals surface area contributed by atoms with E-state index in [2.05, 4.69) is 11.2 Å². The standard InChI is InChI=1S/C17H20N4/c18-12-15-16(13-8-4-3-5-9-13)20-21(17(15)19)14-10-6-1-2-7-11-14/h3-5,8-9,14H,1-2,6-7,10-11,19H2. The van der Waals surface area contributed by atoms with Crippen LogP contribution in [0.15, 0.2) is 30.3 Å². The highest BCUT2D eigenvalue weighted by Gasteiger charge is 2.22. The van der Waals surface area contributed by atoms with E-state index in [4.69, 9.17) is 5.73 Å². The van der Waals surface area contributed by atoms with Crippen molar-refractivity contribution in [3.8, 4) is 17.3 Å². The topological polar surface area (TPSA) is 67.6 Å². The number of aromatic nitrogens is 2. The molecule has 1 aliphatic carbocycles. The number of nitrogen functional groups attached to an aromatic ring is 1. The third-order valence-electron chi connectivity index (χ3n) is 4.28. The fourth-order valence-electron chi connectivity index (χ4n) is 3.14. The van der Waals surface area contributed by atoms with Gasteiger partial charge in [-0.3, -0.25) is 0 Å². The predicted octanol–water partition coefficient (Wildman–Crippen LogP) is 3.90. The van der Waals surface area contributed by atoms with Crippen molar-refractivity contribution in [3.05, 3.63) is 35.9 Å². The van der Waals surface area contributed by atoms with Crippen molar-refractivity contribution in [2.75, 3.05) is 5.73 Å². The van der Waals surface area contributed by atoms with Crippen molar-refractivity contribution in [2.24, 2.45) is 0 Å². The van der Waals surface area contributed by atoms with Crippen LogP contribution in [0.5, 0.6) is 0 Å². The molecule has 108 valence electrons. The largest absolute Gasteiger partial charge is 0.383 e. The first-order valence-electron chi connectivity index (χ1n) is 7.64. The third kappa shape index (κ3) is 2.64. The van der Waals surface area contributed by atoms with Crippen LogP contribution in [0.1, 0.15) is 50.1 Å². The van der Waals surface area contributed by atoms with E-state index in [0.29, 0.717) is 23.1 Å². The maximum absolute atomic E-state index is 9.44. The fraction of sp³-hybridized carbons (Fsp3) is 0.412. The van der Waals surface area contributed by atoms with Gasteiger partial charge in [-0.15, -0.1) is 0 Å². The Morgan fingerprint density at radius 3 is 2.38 bits per heavy atom. The Morgan fingerprint density at radius 2 is 1.76 bits per heavy atom. The van der Waals surface area contributed by atoms with E-state index in [1.807, 2.05) is 35.0 Å². The number of nitriles is 1. The second-order valence-corrected chi connectivity index (χ2v) is 5.68. The molecule has 3 rings (SSSR count). The van der Waals surface area contributed by atoms with Crippen molar-refractivity contribution in [1.29, 1.82) is 5.26 Å². The highest BCUT2D eigenvalue weighted by Crippen LogP contribution is 2.33. The van der Waals surface area contributed by atoms with Gasteiger partial charge < -0.3 is 5.73 Å². The number of hydrogen-bond acceptors (Lipinski definition) is 3. The van der Waals surface area contributed by atoms with Crippen LogP contribution in [-0.2, 0) is 0 Å². The van der Waals surface area contributed by atoms with Gasteiger partial charge in [0.1, 0.15) is 23.1 Å². The SMILES string of the molecule is N#Cc1c(-c2ccccc2)nn(C2CCCCCC2)c1N. The van der Waals surface area contributed by atoms with Gasteiger partial charge in [0, 0.05) is 5.56 Å². The average molecular weight is 280 g/mol. The molecule has 0 radical (unpaired) electrons. The van der Waals surface area contributed by atoms with Gasteiger partial charge in [-0.05, 0) is 12.8 Å². The summed E-state index contributed by atoms with van der Waals surface area (Å²) in [6.45, 7) is 0. The molecule has 1 heterocycles. The zero-order chi connectivity index (χ0) is 14.7. The van der Waals surface area contributed by atoms with Gasteiger partial charge in [0.25, 0.3) is 0 Å². The predicted molar refractivity (Wildman–Crippen MR) is 83.5 cm³/mol. The molecule has 1 aliphatic rings. The van der Waals surface area contributed by atoms with E-state index in [1.165, 1.54) is 25.7 Å². The molecule has 2 N–H and O–H groups in total. The summed E-state index contributed by atoms with van der Waals surface area (Å²) < 4.78 is 1.90. The normalized spacial score (nSPS) is 16.3. The Labute approximate surface area is 125 Å². The minimum absolute atomic E-state index is 0.331. The van der Waals surface area contributed by atoms with Crippen LogP contribution >= 0.6 is 0 Å². The lowest BCUT2D eigenvalue weighted by Gasteiger charge is -2.16. The monoisotopic (exact) mass is 280 g/mol. The van der Waals surface area contributed by atoms with Crippen LogP contribution in [0, 0.1) is 11.3 Å². The quantitative estimate of drug-likeness (QED) is 0.848. The van der Waals surface area contributed by atoms with Gasteiger partial charge in [-0.25, -0.2) is 4.68 Å². The van der Waals surface area contributed by atoms with E-state index in [0.717, 1.165) is 18.4 Å². The molecule has 0 unspecified atom stereocenters. The average Bonchev–Trinajstić information content (AvgIpc) is 2.70. The minimum atomic E-state index is 0.331.